The van der Waals surface area contributed by atoms with Gasteiger partial charge in [0.2, 0.25) is 0 Å². The summed E-state index contributed by atoms with van der Waals surface area (Å²) in [4.78, 5) is 10.8. The van der Waals surface area contributed by atoms with Gasteiger partial charge in [0, 0.05) is 0 Å². The average Bonchev–Trinajstić information content (AvgIpc) is 2.74. The van der Waals surface area contributed by atoms with E-state index in [1.165, 1.54) is 154 Å². The van der Waals surface area contributed by atoms with Gasteiger partial charge in [-0.15, -0.1) is 0 Å². The van der Waals surface area contributed by atoms with Crippen LogP contribution in [0.25, 0.3) is 0 Å². The summed E-state index contributed by atoms with van der Waals surface area (Å²) >= 11 is 0. The molecule has 1 rings (SSSR count). The third-order valence-electron chi connectivity index (χ3n) is 7.37. The average molecular weight is 408 g/mol. The van der Waals surface area contributed by atoms with E-state index in [9.17, 15) is 4.91 Å². The van der Waals surface area contributed by atoms with Gasteiger partial charge in [0.25, 0.3) is 0 Å². The summed E-state index contributed by atoms with van der Waals surface area (Å²) in [5, 5.41) is 3.28. The second-order valence-electron chi connectivity index (χ2n) is 10.1. The van der Waals surface area contributed by atoms with Gasteiger partial charge in [-0.25, -0.2) is 0 Å². The van der Waals surface area contributed by atoms with Crippen molar-refractivity contribution in [2.75, 3.05) is 6.54 Å². The van der Waals surface area contributed by atoms with Crippen LogP contribution in [0, 0.1) is 10.3 Å². The van der Waals surface area contributed by atoms with E-state index in [2.05, 4.69) is 12.1 Å². The van der Waals surface area contributed by atoms with Crippen molar-refractivity contribution in [3.8, 4) is 0 Å². The predicted octanol–water partition coefficient (Wildman–Crippen LogP) is 10.1. The van der Waals surface area contributed by atoms with Crippen molar-refractivity contribution in [3.63, 3.8) is 0 Å². The van der Waals surface area contributed by atoms with Gasteiger partial charge in [-0.2, -0.15) is 4.91 Å². The van der Waals surface area contributed by atoms with Crippen LogP contribution in [0.3, 0.4) is 0 Å². The van der Waals surface area contributed by atoms with Crippen molar-refractivity contribution in [2.24, 2.45) is 10.6 Å². The molecule has 0 spiro atoms. The molecule has 0 N–H and O–H groups in total. The molecule has 0 aliphatic heterocycles. The van der Waals surface area contributed by atoms with Crippen LogP contribution in [-0.4, -0.2) is 6.54 Å². The first-order valence-electron chi connectivity index (χ1n) is 13.6. The van der Waals surface area contributed by atoms with Crippen molar-refractivity contribution in [3.05, 3.63) is 4.91 Å². The van der Waals surface area contributed by atoms with E-state index in [1.54, 1.807) is 0 Å². The van der Waals surface area contributed by atoms with Crippen molar-refractivity contribution in [2.45, 2.75) is 161 Å². The molecule has 0 atom stereocenters. The topological polar surface area (TPSA) is 29.4 Å². The van der Waals surface area contributed by atoms with E-state index in [-0.39, 0.29) is 5.41 Å². The zero-order valence-corrected chi connectivity index (χ0v) is 20.0. The lowest BCUT2D eigenvalue weighted by atomic mass is 9.71. The summed E-state index contributed by atoms with van der Waals surface area (Å²) in [6.45, 7) is 2.87. The Hall–Kier alpha value is -0.400. The quantitative estimate of drug-likeness (QED) is 0.137. The fourth-order valence-corrected chi connectivity index (χ4v) is 5.33. The molecule has 0 aromatic rings. The summed E-state index contributed by atoms with van der Waals surface area (Å²) in [6, 6.07) is 0. The first-order valence-corrected chi connectivity index (χ1v) is 13.6. The first kappa shape index (κ1) is 26.6. The molecule has 0 heterocycles. The Labute approximate surface area is 183 Å². The van der Waals surface area contributed by atoms with Gasteiger partial charge < -0.3 is 0 Å². The number of rotatable bonds is 21. The normalized spacial score (nSPS) is 16.2. The maximum Gasteiger partial charge on any atom is 0.0867 e. The van der Waals surface area contributed by atoms with E-state index in [1.807, 2.05) is 0 Å². The van der Waals surface area contributed by atoms with Crippen molar-refractivity contribution in [1.82, 2.24) is 0 Å². The van der Waals surface area contributed by atoms with Gasteiger partial charge in [0.05, 0.1) is 6.54 Å². The van der Waals surface area contributed by atoms with Gasteiger partial charge >= 0.3 is 0 Å². The molecule has 0 unspecified atom stereocenters. The third kappa shape index (κ3) is 15.1. The lowest BCUT2D eigenvalue weighted by Crippen LogP contribution is -2.27. The van der Waals surface area contributed by atoms with E-state index in [0.29, 0.717) is 6.54 Å². The Balaban J connectivity index is 1.78. The molecule has 0 amide bonds. The molecular formula is C27H53NO. The largest absolute Gasteiger partial charge is 0.151 e. The molecule has 1 aliphatic rings. The van der Waals surface area contributed by atoms with Crippen LogP contribution in [0.5, 0.6) is 0 Å². The Morgan fingerprint density at radius 3 is 1.31 bits per heavy atom. The number of hydrogen-bond donors (Lipinski definition) is 0. The molecule has 1 saturated carbocycles. The van der Waals surface area contributed by atoms with Crippen LogP contribution in [-0.2, 0) is 0 Å². The van der Waals surface area contributed by atoms with Crippen LogP contribution in [0.15, 0.2) is 5.18 Å². The van der Waals surface area contributed by atoms with Crippen LogP contribution < -0.4 is 0 Å². The molecule has 29 heavy (non-hydrogen) atoms. The van der Waals surface area contributed by atoms with E-state index in [4.69, 9.17) is 0 Å². The lowest BCUT2D eigenvalue weighted by Gasteiger charge is -2.35. The second-order valence-corrected chi connectivity index (χ2v) is 10.1. The SMILES string of the molecule is CCCCCCCCCCCCCCCCCCCCC1(CN=O)CCCCC1. The number of nitroso groups, excluding NO2 is 1. The van der Waals surface area contributed by atoms with Gasteiger partial charge in [0.1, 0.15) is 0 Å². The molecule has 172 valence electrons. The van der Waals surface area contributed by atoms with Crippen LogP contribution in [0.2, 0.25) is 0 Å². The fourth-order valence-electron chi connectivity index (χ4n) is 5.33. The third-order valence-corrected chi connectivity index (χ3v) is 7.37. The highest BCUT2D eigenvalue weighted by molar-refractivity contribution is 4.84. The maximum atomic E-state index is 10.8. The summed E-state index contributed by atoms with van der Waals surface area (Å²) < 4.78 is 0. The molecule has 0 radical (unpaired) electrons. The molecule has 0 aromatic carbocycles. The molecule has 1 aliphatic carbocycles. The van der Waals surface area contributed by atoms with Crippen molar-refractivity contribution < 1.29 is 0 Å². The van der Waals surface area contributed by atoms with E-state index in [0.717, 1.165) is 0 Å². The molecule has 0 aromatic heterocycles. The standard InChI is InChI=1S/C27H53NO/c1-2-3-4-5-6-7-8-9-10-11-12-13-14-15-16-17-18-20-23-27(26-28-29)24-21-19-22-25-27/h2-26H2,1H3. The summed E-state index contributed by atoms with van der Waals surface area (Å²) in [5.74, 6) is 0. The fraction of sp³-hybridized carbons (Fsp3) is 1.00. The number of hydrogen-bond acceptors (Lipinski definition) is 2. The molecular weight excluding hydrogens is 354 g/mol. The predicted molar refractivity (Wildman–Crippen MR) is 130 cm³/mol. The maximum absolute atomic E-state index is 10.8. The van der Waals surface area contributed by atoms with Gasteiger partial charge in [-0.05, 0) is 24.7 Å². The van der Waals surface area contributed by atoms with Gasteiger partial charge in [-0.1, -0.05) is 147 Å². The summed E-state index contributed by atoms with van der Waals surface area (Å²) in [6.07, 6.45) is 33.5. The Bertz CT molecular complexity index is 348. The summed E-state index contributed by atoms with van der Waals surface area (Å²) in [5.41, 5.74) is 0.287. The minimum Gasteiger partial charge on any atom is -0.151 e. The highest BCUT2D eigenvalue weighted by atomic mass is 16.3. The van der Waals surface area contributed by atoms with Crippen LogP contribution >= 0.6 is 0 Å². The minimum absolute atomic E-state index is 0.287. The Morgan fingerprint density at radius 1 is 0.552 bits per heavy atom. The number of nitrogens with zero attached hydrogens (tertiary/aromatic N) is 1. The zero-order valence-electron chi connectivity index (χ0n) is 20.0. The van der Waals surface area contributed by atoms with Crippen LogP contribution in [0.1, 0.15) is 161 Å². The van der Waals surface area contributed by atoms with E-state index >= 15 is 0 Å². The molecule has 0 bridgehead atoms. The zero-order chi connectivity index (χ0) is 20.9. The Kier molecular flexibility index (Phi) is 18.0. The smallest absolute Gasteiger partial charge is 0.0867 e. The second kappa shape index (κ2) is 19.6. The lowest BCUT2D eigenvalue weighted by molar-refractivity contribution is 0.176. The van der Waals surface area contributed by atoms with Crippen LogP contribution in [0.4, 0.5) is 0 Å². The highest BCUT2D eigenvalue weighted by Gasteiger charge is 2.31. The van der Waals surface area contributed by atoms with Gasteiger partial charge in [-0.3, -0.25) is 0 Å². The summed E-state index contributed by atoms with van der Waals surface area (Å²) in [7, 11) is 0. The van der Waals surface area contributed by atoms with Crippen molar-refractivity contribution in [1.29, 1.82) is 0 Å². The number of unbranched alkanes of at least 4 members (excludes halogenated alkanes) is 17. The molecule has 2 nitrogen and oxygen atoms in total. The molecule has 0 saturated heterocycles. The van der Waals surface area contributed by atoms with E-state index < -0.39 is 0 Å². The minimum atomic E-state index is 0.287. The van der Waals surface area contributed by atoms with Gasteiger partial charge in [0.15, 0.2) is 0 Å². The first-order chi connectivity index (χ1) is 14.3. The monoisotopic (exact) mass is 407 g/mol. The molecule has 2 heteroatoms. The Morgan fingerprint density at radius 2 is 0.931 bits per heavy atom. The molecule has 1 fully saturated rings. The highest BCUT2D eigenvalue weighted by Crippen LogP contribution is 2.41. The van der Waals surface area contributed by atoms with Crippen molar-refractivity contribution >= 4 is 0 Å².